The highest BCUT2D eigenvalue weighted by Crippen LogP contribution is 2.13. The fraction of sp³-hybridized carbons (Fsp3) is 0.684. The number of guanidine groups is 1. The first-order valence-corrected chi connectivity index (χ1v) is 9.62. The van der Waals surface area contributed by atoms with E-state index in [1.54, 1.807) is 6.07 Å². The van der Waals surface area contributed by atoms with Crippen molar-refractivity contribution < 1.29 is 13.9 Å². The Morgan fingerprint density at radius 2 is 2.12 bits per heavy atom. The summed E-state index contributed by atoms with van der Waals surface area (Å²) in [5, 5.41) is 6.24. The number of piperidine rings is 1. The minimum atomic E-state index is -0.165. The van der Waals surface area contributed by atoms with Crippen LogP contribution in [-0.2, 0) is 4.74 Å². The number of hydrogen-bond donors (Lipinski definition) is 2. The number of carbonyl (C=O) groups is 1. The molecule has 2 rings (SSSR count). The number of nitrogens with one attached hydrogen (secondary N) is 2. The van der Waals surface area contributed by atoms with Crippen molar-refractivity contribution in [3.8, 4) is 0 Å². The zero-order valence-electron chi connectivity index (χ0n) is 16.2. The molecule has 0 radical (unpaired) electrons. The van der Waals surface area contributed by atoms with Gasteiger partial charge in [0.1, 0.15) is 0 Å². The predicted octanol–water partition coefficient (Wildman–Crippen LogP) is 2.17. The van der Waals surface area contributed by atoms with Crippen molar-refractivity contribution in [2.45, 2.75) is 46.1 Å². The lowest BCUT2D eigenvalue weighted by Crippen LogP contribution is -2.47. The van der Waals surface area contributed by atoms with Crippen molar-refractivity contribution in [2.75, 3.05) is 39.3 Å². The van der Waals surface area contributed by atoms with E-state index in [4.69, 9.17) is 14.1 Å². The van der Waals surface area contributed by atoms with Gasteiger partial charge in [-0.2, -0.15) is 0 Å². The number of aliphatic imine (C=N–C) groups is 1. The van der Waals surface area contributed by atoms with E-state index in [2.05, 4.69) is 22.5 Å². The Morgan fingerprint density at radius 3 is 2.73 bits per heavy atom. The number of furan rings is 1. The first-order valence-electron chi connectivity index (χ1n) is 9.62. The van der Waals surface area contributed by atoms with Crippen molar-refractivity contribution in [3.63, 3.8) is 0 Å². The molecule has 1 aliphatic rings. The maximum atomic E-state index is 12.0. The van der Waals surface area contributed by atoms with Gasteiger partial charge in [-0.25, -0.2) is 0 Å². The minimum absolute atomic E-state index is 0.165. The Bertz CT molecular complexity index is 577. The third kappa shape index (κ3) is 6.05. The fourth-order valence-electron chi connectivity index (χ4n) is 3.05. The van der Waals surface area contributed by atoms with Crippen LogP contribution in [-0.4, -0.2) is 62.2 Å². The van der Waals surface area contributed by atoms with Crippen LogP contribution in [0.1, 0.15) is 49.2 Å². The molecule has 0 aromatic carbocycles. The first-order chi connectivity index (χ1) is 12.7. The van der Waals surface area contributed by atoms with Gasteiger partial charge in [0.2, 0.25) is 0 Å². The van der Waals surface area contributed by atoms with Gasteiger partial charge in [0.05, 0.1) is 12.4 Å². The molecule has 0 bridgehead atoms. The van der Waals surface area contributed by atoms with Crippen LogP contribution in [0.2, 0.25) is 0 Å². The third-order valence-electron chi connectivity index (χ3n) is 4.43. The van der Waals surface area contributed by atoms with E-state index in [0.717, 1.165) is 57.0 Å². The molecule has 2 N–H and O–H groups in total. The van der Waals surface area contributed by atoms with Crippen molar-refractivity contribution in [2.24, 2.45) is 4.99 Å². The van der Waals surface area contributed by atoms with E-state index in [9.17, 15) is 4.79 Å². The number of carbonyl (C=O) groups excluding carboxylic acids is 1. The summed E-state index contributed by atoms with van der Waals surface area (Å²) in [6.45, 7) is 10.8. The average Bonchev–Trinajstić information content (AvgIpc) is 3.07. The Hall–Kier alpha value is -2.02. The average molecular weight is 364 g/mol. The normalized spacial score (nSPS) is 16.0. The quantitative estimate of drug-likeness (QED) is 0.420. The highest BCUT2D eigenvalue weighted by Gasteiger charge is 2.21. The lowest BCUT2D eigenvalue weighted by Gasteiger charge is -2.34. The topological polar surface area (TPSA) is 79.1 Å². The van der Waals surface area contributed by atoms with Crippen LogP contribution in [0.5, 0.6) is 0 Å². The molecule has 1 saturated heterocycles. The van der Waals surface area contributed by atoms with Gasteiger partial charge in [-0.3, -0.25) is 9.79 Å². The molecule has 0 spiro atoms. The van der Waals surface area contributed by atoms with Crippen LogP contribution in [0.4, 0.5) is 0 Å². The Labute approximate surface area is 156 Å². The van der Waals surface area contributed by atoms with E-state index in [-0.39, 0.29) is 5.91 Å². The van der Waals surface area contributed by atoms with Gasteiger partial charge in [0.15, 0.2) is 11.7 Å². The van der Waals surface area contributed by atoms with Crippen molar-refractivity contribution >= 4 is 11.9 Å². The van der Waals surface area contributed by atoms with Crippen LogP contribution < -0.4 is 10.6 Å². The molecule has 0 saturated carbocycles. The maximum Gasteiger partial charge on any atom is 0.287 e. The van der Waals surface area contributed by atoms with Crippen LogP contribution in [0.25, 0.3) is 0 Å². The highest BCUT2D eigenvalue weighted by molar-refractivity contribution is 5.92. The standard InChI is InChI=1S/C19H32N4O3/c1-4-20-19(23-12-7-16(8-13-23)25-5-2)22-11-6-10-21-18(24)17-15(3)9-14-26-17/h9,14,16H,4-8,10-13H2,1-3H3,(H,20,22)(H,21,24). The fourth-order valence-corrected chi connectivity index (χ4v) is 3.05. The molecule has 1 aromatic rings. The van der Waals surface area contributed by atoms with Crippen LogP contribution in [0, 0.1) is 6.92 Å². The largest absolute Gasteiger partial charge is 0.459 e. The minimum Gasteiger partial charge on any atom is -0.459 e. The molecule has 7 nitrogen and oxygen atoms in total. The molecular formula is C19H32N4O3. The van der Waals surface area contributed by atoms with Gasteiger partial charge < -0.3 is 24.7 Å². The lowest BCUT2D eigenvalue weighted by atomic mass is 10.1. The number of hydrogen-bond acceptors (Lipinski definition) is 4. The zero-order valence-corrected chi connectivity index (χ0v) is 16.2. The molecule has 0 atom stereocenters. The Balaban J connectivity index is 1.73. The van der Waals surface area contributed by atoms with E-state index < -0.39 is 0 Å². The van der Waals surface area contributed by atoms with Gasteiger partial charge in [-0.1, -0.05) is 0 Å². The molecule has 1 aromatic heterocycles. The van der Waals surface area contributed by atoms with Crippen LogP contribution in [0.15, 0.2) is 21.7 Å². The number of rotatable bonds is 8. The molecule has 1 amide bonds. The number of amides is 1. The number of nitrogens with zero attached hydrogens (tertiary/aromatic N) is 2. The summed E-state index contributed by atoms with van der Waals surface area (Å²) in [6, 6.07) is 1.79. The number of likely N-dealkylation sites (tertiary alicyclic amines) is 1. The summed E-state index contributed by atoms with van der Waals surface area (Å²) >= 11 is 0. The first kappa shape index (κ1) is 20.3. The Kier molecular flexibility index (Phi) is 8.47. The molecule has 2 heterocycles. The molecule has 0 unspecified atom stereocenters. The third-order valence-corrected chi connectivity index (χ3v) is 4.43. The lowest BCUT2D eigenvalue weighted by molar-refractivity contribution is 0.0264. The van der Waals surface area contributed by atoms with Gasteiger partial charge in [0.25, 0.3) is 5.91 Å². The Morgan fingerprint density at radius 1 is 1.35 bits per heavy atom. The molecule has 7 heteroatoms. The van der Waals surface area contributed by atoms with E-state index in [1.165, 1.54) is 6.26 Å². The monoisotopic (exact) mass is 364 g/mol. The zero-order chi connectivity index (χ0) is 18.8. The second-order valence-electron chi connectivity index (χ2n) is 6.42. The van der Waals surface area contributed by atoms with Crippen LogP contribution >= 0.6 is 0 Å². The second kappa shape index (κ2) is 10.9. The van der Waals surface area contributed by atoms with Gasteiger partial charge in [-0.15, -0.1) is 0 Å². The summed E-state index contributed by atoms with van der Waals surface area (Å²) in [5.41, 5.74) is 0.852. The summed E-state index contributed by atoms with van der Waals surface area (Å²) in [4.78, 5) is 19.0. The van der Waals surface area contributed by atoms with E-state index in [0.29, 0.717) is 25.0 Å². The van der Waals surface area contributed by atoms with Crippen molar-refractivity contribution in [3.05, 3.63) is 23.7 Å². The van der Waals surface area contributed by atoms with Gasteiger partial charge >= 0.3 is 0 Å². The molecule has 0 aliphatic carbocycles. The summed E-state index contributed by atoms with van der Waals surface area (Å²) in [5.74, 6) is 1.18. The summed E-state index contributed by atoms with van der Waals surface area (Å²) in [6.07, 6.45) is 4.77. The predicted molar refractivity (Wildman–Crippen MR) is 103 cm³/mol. The van der Waals surface area contributed by atoms with Crippen molar-refractivity contribution in [1.82, 2.24) is 15.5 Å². The smallest absolute Gasteiger partial charge is 0.287 e. The SMILES string of the molecule is CCNC(=NCCCNC(=O)c1occc1C)N1CCC(OCC)CC1. The van der Waals surface area contributed by atoms with Crippen molar-refractivity contribution in [1.29, 1.82) is 0 Å². The van der Waals surface area contributed by atoms with Gasteiger partial charge in [0, 0.05) is 44.9 Å². The molecule has 1 aliphatic heterocycles. The highest BCUT2D eigenvalue weighted by atomic mass is 16.5. The summed E-state index contributed by atoms with van der Waals surface area (Å²) in [7, 11) is 0. The second-order valence-corrected chi connectivity index (χ2v) is 6.42. The molecule has 1 fully saturated rings. The molecular weight excluding hydrogens is 332 g/mol. The molecule has 26 heavy (non-hydrogen) atoms. The number of ether oxygens (including phenoxy) is 1. The maximum absolute atomic E-state index is 12.0. The van der Waals surface area contributed by atoms with E-state index >= 15 is 0 Å². The van der Waals surface area contributed by atoms with Crippen LogP contribution in [0.3, 0.4) is 0 Å². The molecule has 146 valence electrons. The van der Waals surface area contributed by atoms with Gasteiger partial charge in [-0.05, 0) is 46.1 Å². The summed E-state index contributed by atoms with van der Waals surface area (Å²) < 4.78 is 10.9. The number of aryl methyl sites for hydroxylation is 1. The van der Waals surface area contributed by atoms with E-state index in [1.807, 2.05) is 13.8 Å².